The molecule has 128 valence electrons. The summed E-state index contributed by atoms with van der Waals surface area (Å²) in [4.78, 5) is 20.4. The van der Waals surface area contributed by atoms with Gasteiger partial charge < -0.3 is 16.0 Å². The Balaban J connectivity index is 2.12. The Labute approximate surface area is 151 Å². The highest BCUT2D eigenvalue weighted by Crippen LogP contribution is 2.27. The van der Waals surface area contributed by atoms with Gasteiger partial charge in [0, 0.05) is 19.2 Å². The van der Waals surface area contributed by atoms with Crippen LogP contribution >= 0.6 is 23.2 Å². The van der Waals surface area contributed by atoms with Gasteiger partial charge in [-0.1, -0.05) is 36.5 Å². The maximum absolute atomic E-state index is 11.8. The first-order valence-corrected chi connectivity index (χ1v) is 8.35. The second-order valence-corrected chi connectivity index (χ2v) is 5.93. The summed E-state index contributed by atoms with van der Waals surface area (Å²) in [5.41, 5.74) is 1.25. The minimum absolute atomic E-state index is 0.0536. The highest BCUT2D eigenvalue weighted by Gasteiger charge is 2.10. The minimum Gasteiger partial charge on any atom is -0.371 e. The number of rotatable bonds is 7. The van der Waals surface area contributed by atoms with Crippen molar-refractivity contribution >= 4 is 52.3 Å². The molecule has 0 aliphatic heterocycles. The zero-order valence-electron chi connectivity index (χ0n) is 13.5. The molecular weight excluding hydrogens is 349 g/mol. The summed E-state index contributed by atoms with van der Waals surface area (Å²) in [5, 5.41) is 9.72. The van der Waals surface area contributed by atoms with E-state index in [4.69, 9.17) is 23.2 Å². The van der Waals surface area contributed by atoms with Crippen molar-refractivity contribution in [3.63, 3.8) is 0 Å². The fourth-order valence-corrected chi connectivity index (χ4v) is 2.28. The number of nitrogens with one attached hydrogen (secondary N) is 3. The third-order valence-electron chi connectivity index (χ3n) is 3.23. The number of hydrogen-bond donors (Lipinski definition) is 3. The quantitative estimate of drug-likeness (QED) is 0.660. The van der Waals surface area contributed by atoms with Gasteiger partial charge in [-0.2, -0.15) is 4.98 Å². The molecule has 0 bridgehead atoms. The van der Waals surface area contributed by atoms with Crippen molar-refractivity contribution in [2.24, 2.45) is 0 Å². The van der Waals surface area contributed by atoms with E-state index in [1.807, 2.05) is 6.92 Å². The highest BCUT2D eigenvalue weighted by molar-refractivity contribution is 6.42. The van der Waals surface area contributed by atoms with Crippen LogP contribution in [0, 0.1) is 0 Å². The normalized spacial score (nSPS) is 10.3. The number of carbonyl (C=O) groups is 1. The molecule has 2 rings (SSSR count). The van der Waals surface area contributed by atoms with Crippen molar-refractivity contribution in [2.45, 2.75) is 26.2 Å². The van der Waals surface area contributed by atoms with Gasteiger partial charge in [-0.05, 0) is 24.6 Å². The van der Waals surface area contributed by atoms with E-state index in [2.05, 4.69) is 25.9 Å². The second-order valence-electron chi connectivity index (χ2n) is 5.11. The van der Waals surface area contributed by atoms with Crippen molar-refractivity contribution < 1.29 is 4.79 Å². The molecule has 0 saturated heterocycles. The fraction of sp³-hybridized carbons (Fsp3) is 0.312. The SMILES string of the molecule is CCCCC(=O)Nc1cnc(Nc2ccc(Cl)c(Cl)c2)nc1NC. The molecule has 0 unspecified atom stereocenters. The Kier molecular flexibility index (Phi) is 6.63. The summed E-state index contributed by atoms with van der Waals surface area (Å²) in [7, 11) is 1.73. The van der Waals surface area contributed by atoms with Crippen LogP contribution in [-0.4, -0.2) is 22.9 Å². The molecule has 1 heterocycles. The summed E-state index contributed by atoms with van der Waals surface area (Å²) >= 11 is 11.9. The van der Waals surface area contributed by atoms with E-state index in [-0.39, 0.29) is 5.91 Å². The van der Waals surface area contributed by atoms with Crippen molar-refractivity contribution in [3.8, 4) is 0 Å². The third-order valence-corrected chi connectivity index (χ3v) is 3.97. The largest absolute Gasteiger partial charge is 0.371 e. The smallest absolute Gasteiger partial charge is 0.229 e. The monoisotopic (exact) mass is 367 g/mol. The molecular formula is C16H19Cl2N5O. The van der Waals surface area contributed by atoms with Crippen molar-refractivity contribution in [1.82, 2.24) is 9.97 Å². The molecule has 6 nitrogen and oxygen atoms in total. The Morgan fingerprint density at radius 2 is 2.04 bits per heavy atom. The van der Waals surface area contributed by atoms with E-state index in [1.54, 1.807) is 31.4 Å². The molecule has 1 amide bonds. The van der Waals surface area contributed by atoms with Gasteiger partial charge in [0.05, 0.1) is 16.2 Å². The molecule has 0 fully saturated rings. The first-order valence-electron chi connectivity index (χ1n) is 7.60. The Morgan fingerprint density at radius 3 is 2.71 bits per heavy atom. The molecule has 2 aromatic rings. The molecule has 3 N–H and O–H groups in total. The van der Waals surface area contributed by atoms with Crippen LogP contribution in [0.2, 0.25) is 10.0 Å². The minimum atomic E-state index is -0.0536. The molecule has 8 heteroatoms. The van der Waals surface area contributed by atoms with E-state index in [1.165, 1.54) is 0 Å². The molecule has 24 heavy (non-hydrogen) atoms. The Hall–Kier alpha value is -2.05. The van der Waals surface area contributed by atoms with E-state index in [0.29, 0.717) is 39.6 Å². The van der Waals surface area contributed by atoms with Crippen molar-refractivity contribution in [1.29, 1.82) is 0 Å². The van der Waals surface area contributed by atoms with Gasteiger partial charge in [0.1, 0.15) is 5.69 Å². The van der Waals surface area contributed by atoms with Crippen molar-refractivity contribution in [2.75, 3.05) is 23.0 Å². The number of amides is 1. The Morgan fingerprint density at radius 1 is 1.25 bits per heavy atom. The zero-order chi connectivity index (χ0) is 17.5. The molecule has 0 atom stereocenters. The van der Waals surface area contributed by atoms with E-state index in [0.717, 1.165) is 12.8 Å². The number of nitrogens with zero attached hydrogens (tertiary/aromatic N) is 2. The van der Waals surface area contributed by atoms with Gasteiger partial charge in [0.15, 0.2) is 5.82 Å². The molecule has 0 saturated carbocycles. The Bertz CT molecular complexity index is 724. The average molecular weight is 368 g/mol. The highest BCUT2D eigenvalue weighted by atomic mass is 35.5. The van der Waals surface area contributed by atoms with Crippen LogP contribution < -0.4 is 16.0 Å². The van der Waals surface area contributed by atoms with Gasteiger partial charge in [-0.15, -0.1) is 0 Å². The summed E-state index contributed by atoms with van der Waals surface area (Å²) in [6.45, 7) is 2.04. The number of unbranched alkanes of at least 4 members (excludes halogenated alkanes) is 1. The van der Waals surface area contributed by atoms with Crippen LogP contribution in [0.1, 0.15) is 26.2 Å². The van der Waals surface area contributed by atoms with E-state index < -0.39 is 0 Å². The lowest BCUT2D eigenvalue weighted by Gasteiger charge is -2.12. The van der Waals surface area contributed by atoms with E-state index >= 15 is 0 Å². The van der Waals surface area contributed by atoms with Gasteiger partial charge >= 0.3 is 0 Å². The molecule has 0 aliphatic carbocycles. The summed E-state index contributed by atoms with van der Waals surface area (Å²) in [5.74, 6) is 0.851. The standard InChI is InChI=1S/C16H19Cl2N5O/c1-3-4-5-14(24)22-13-9-20-16(23-15(13)19-2)21-10-6-7-11(17)12(18)8-10/h6-9H,3-5H2,1-2H3,(H,22,24)(H2,19,20,21,23). The zero-order valence-corrected chi connectivity index (χ0v) is 15.0. The lowest BCUT2D eigenvalue weighted by molar-refractivity contribution is -0.116. The number of anilines is 4. The van der Waals surface area contributed by atoms with Gasteiger partial charge in [0.25, 0.3) is 0 Å². The number of halogens is 2. The van der Waals surface area contributed by atoms with Crippen molar-refractivity contribution in [3.05, 3.63) is 34.4 Å². The lowest BCUT2D eigenvalue weighted by Crippen LogP contribution is -2.14. The maximum Gasteiger partial charge on any atom is 0.229 e. The lowest BCUT2D eigenvalue weighted by atomic mass is 10.2. The maximum atomic E-state index is 11.8. The molecule has 1 aromatic carbocycles. The van der Waals surface area contributed by atoms with Crippen LogP contribution in [0.25, 0.3) is 0 Å². The molecule has 0 aliphatic rings. The van der Waals surface area contributed by atoms with Gasteiger partial charge in [-0.3, -0.25) is 4.79 Å². The topological polar surface area (TPSA) is 78.9 Å². The predicted molar refractivity (Wildman–Crippen MR) is 99.5 cm³/mol. The number of carbonyl (C=O) groups excluding carboxylic acids is 1. The predicted octanol–water partition coefficient (Wildman–Crippen LogP) is 4.70. The van der Waals surface area contributed by atoms with E-state index in [9.17, 15) is 4.79 Å². The summed E-state index contributed by atoms with van der Waals surface area (Å²) in [6, 6.07) is 5.15. The van der Waals surface area contributed by atoms with Crippen LogP contribution in [0.5, 0.6) is 0 Å². The first-order chi connectivity index (χ1) is 11.5. The molecule has 0 spiro atoms. The summed E-state index contributed by atoms with van der Waals surface area (Å²) in [6.07, 6.45) is 3.85. The van der Waals surface area contributed by atoms with Crippen LogP contribution in [-0.2, 0) is 4.79 Å². The average Bonchev–Trinajstić information content (AvgIpc) is 2.57. The third kappa shape index (κ3) is 4.97. The van der Waals surface area contributed by atoms with Gasteiger partial charge in [0.2, 0.25) is 11.9 Å². The fourth-order valence-electron chi connectivity index (χ4n) is 1.98. The van der Waals surface area contributed by atoms with Crippen LogP contribution in [0.4, 0.5) is 23.1 Å². The number of hydrogen-bond acceptors (Lipinski definition) is 5. The molecule has 0 radical (unpaired) electrons. The first kappa shape index (κ1) is 18.3. The van der Waals surface area contributed by atoms with Crippen LogP contribution in [0.15, 0.2) is 24.4 Å². The van der Waals surface area contributed by atoms with Crippen LogP contribution in [0.3, 0.4) is 0 Å². The number of aromatic nitrogens is 2. The number of benzene rings is 1. The molecule has 1 aromatic heterocycles. The summed E-state index contributed by atoms with van der Waals surface area (Å²) < 4.78 is 0. The second kappa shape index (κ2) is 8.70. The van der Waals surface area contributed by atoms with Gasteiger partial charge in [-0.25, -0.2) is 4.98 Å².